The standard InChI is InChI=1S/C31H41N7O/c1-5-28-34-29-21(2)15-22(3)32-30(29)38(28)20-23-8-9-26-25(16-23)17-27(33-26)31(39)37-13-11-36(12-14-37)19-24-7-6-10-35(4)18-24/h8-9,15-17,24,33H,5-7,10-14,18-20H2,1-4H3. The van der Waals surface area contributed by atoms with Crippen LogP contribution in [0.4, 0.5) is 0 Å². The Balaban J connectivity index is 1.14. The maximum Gasteiger partial charge on any atom is 0.270 e. The van der Waals surface area contributed by atoms with Crippen LogP contribution in [0.15, 0.2) is 30.3 Å². The number of carbonyl (C=O) groups is 1. The molecular weight excluding hydrogens is 486 g/mol. The van der Waals surface area contributed by atoms with Crippen molar-refractivity contribution in [3.63, 3.8) is 0 Å². The van der Waals surface area contributed by atoms with E-state index >= 15 is 0 Å². The SMILES string of the molecule is CCc1nc2c(C)cc(C)nc2n1Cc1ccc2[nH]c(C(=O)N3CCN(CC4CCCN(C)C4)CC3)cc2c1. The number of amides is 1. The van der Waals surface area contributed by atoms with Gasteiger partial charge in [0.15, 0.2) is 5.65 Å². The number of fused-ring (bicyclic) bond motifs is 2. The van der Waals surface area contributed by atoms with Gasteiger partial charge < -0.3 is 19.4 Å². The first kappa shape index (κ1) is 26.0. The van der Waals surface area contributed by atoms with Crippen LogP contribution < -0.4 is 0 Å². The highest BCUT2D eigenvalue weighted by atomic mass is 16.2. The summed E-state index contributed by atoms with van der Waals surface area (Å²) in [6.07, 6.45) is 3.48. The minimum atomic E-state index is 0.105. The number of H-pyrrole nitrogens is 1. The van der Waals surface area contributed by atoms with Crippen LogP contribution in [-0.4, -0.2) is 93.0 Å². The summed E-state index contributed by atoms with van der Waals surface area (Å²) in [4.78, 5) is 33.5. The maximum atomic E-state index is 13.4. The van der Waals surface area contributed by atoms with Crippen molar-refractivity contribution in [1.29, 1.82) is 0 Å². The summed E-state index contributed by atoms with van der Waals surface area (Å²) in [5.41, 5.74) is 6.96. The smallest absolute Gasteiger partial charge is 0.270 e. The molecule has 2 aliphatic heterocycles. The molecule has 1 aromatic carbocycles. The molecule has 206 valence electrons. The molecule has 3 aromatic heterocycles. The van der Waals surface area contributed by atoms with Crippen LogP contribution >= 0.6 is 0 Å². The molecule has 0 aliphatic carbocycles. The summed E-state index contributed by atoms with van der Waals surface area (Å²) in [7, 11) is 2.23. The molecule has 2 aliphatic rings. The van der Waals surface area contributed by atoms with Gasteiger partial charge in [0, 0.05) is 62.3 Å². The molecule has 6 rings (SSSR count). The summed E-state index contributed by atoms with van der Waals surface area (Å²) >= 11 is 0. The van der Waals surface area contributed by atoms with Crippen molar-refractivity contribution in [2.75, 3.05) is 52.9 Å². The molecule has 0 spiro atoms. The average molecular weight is 528 g/mol. The lowest BCUT2D eigenvalue weighted by Gasteiger charge is -2.38. The minimum Gasteiger partial charge on any atom is -0.351 e. The molecule has 5 heterocycles. The van der Waals surface area contributed by atoms with Gasteiger partial charge >= 0.3 is 0 Å². The zero-order chi connectivity index (χ0) is 27.1. The second-order valence-electron chi connectivity index (χ2n) is 11.7. The van der Waals surface area contributed by atoms with Gasteiger partial charge in [-0.1, -0.05) is 13.0 Å². The number of likely N-dealkylation sites (tertiary alicyclic amines) is 1. The van der Waals surface area contributed by atoms with Crippen molar-refractivity contribution >= 4 is 28.0 Å². The van der Waals surface area contributed by atoms with E-state index in [1.165, 1.54) is 31.5 Å². The summed E-state index contributed by atoms with van der Waals surface area (Å²) in [6.45, 7) is 14.1. The minimum absolute atomic E-state index is 0.105. The molecule has 1 N–H and O–H groups in total. The van der Waals surface area contributed by atoms with Crippen LogP contribution in [0, 0.1) is 19.8 Å². The average Bonchev–Trinajstić information content (AvgIpc) is 3.50. The number of aryl methyl sites for hydroxylation is 3. The predicted molar refractivity (Wildman–Crippen MR) is 156 cm³/mol. The van der Waals surface area contributed by atoms with E-state index in [1.807, 2.05) is 17.9 Å². The monoisotopic (exact) mass is 527 g/mol. The van der Waals surface area contributed by atoms with Gasteiger partial charge in [-0.2, -0.15) is 0 Å². The molecule has 4 aromatic rings. The van der Waals surface area contributed by atoms with E-state index in [1.54, 1.807) is 0 Å². The third kappa shape index (κ3) is 5.32. The Morgan fingerprint density at radius 2 is 1.87 bits per heavy atom. The summed E-state index contributed by atoms with van der Waals surface area (Å²) in [6, 6.07) is 10.5. The molecule has 0 bridgehead atoms. The van der Waals surface area contributed by atoms with Crippen LogP contribution in [0.1, 0.15) is 52.9 Å². The van der Waals surface area contributed by atoms with Crippen LogP contribution in [0.5, 0.6) is 0 Å². The molecular formula is C31H41N7O. The lowest BCUT2D eigenvalue weighted by molar-refractivity contribution is 0.0584. The number of aromatic amines is 1. The van der Waals surface area contributed by atoms with Crippen molar-refractivity contribution in [3.8, 4) is 0 Å². The molecule has 0 saturated carbocycles. The number of pyridine rings is 1. The Hall–Kier alpha value is -3.23. The van der Waals surface area contributed by atoms with Gasteiger partial charge in [0.1, 0.15) is 17.0 Å². The highest BCUT2D eigenvalue weighted by Crippen LogP contribution is 2.24. The predicted octanol–water partition coefficient (Wildman–Crippen LogP) is 4.24. The normalized spacial score (nSPS) is 19.4. The molecule has 2 saturated heterocycles. The number of hydrogen-bond donors (Lipinski definition) is 1. The number of hydrogen-bond acceptors (Lipinski definition) is 5. The van der Waals surface area contributed by atoms with Gasteiger partial charge in [0.25, 0.3) is 5.91 Å². The first-order chi connectivity index (χ1) is 18.9. The number of rotatable bonds is 6. The van der Waals surface area contributed by atoms with Crippen molar-refractivity contribution in [1.82, 2.24) is 34.2 Å². The lowest BCUT2D eigenvalue weighted by Crippen LogP contribution is -2.51. The van der Waals surface area contributed by atoms with Crippen LogP contribution in [-0.2, 0) is 13.0 Å². The zero-order valence-corrected chi connectivity index (χ0v) is 23.8. The largest absolute Gasteiger partial charge is 0.351 e. The van der Waals surface area contributed by atoms with E-state index in [0.717, 1.165) is 84.2 Å². The zero-order valence-electron chi connectivity index (χ0n) is 23.8. The number of carbonyl (C=O) groups excluding carboxylic acids is 1. The van der Waals surface area contributed by atoms with E-state index in [9.17, 15) is 4.79 Å². The molecule has 8 heteroatoms. The van der Waals surface area contributed by atoms with Crippen molar-refractivity contribution in [2.24, 2.45) is 5.92 Å². The van der Waals surface area contributed by atoms with Crippen molar-refractivity contribution in [3.05, 3.63) is 58.7 Å². The fourth-order valence-electron chi connectivity index (χ4n) is 6.55. The lowest BCUT2D eigenvalue weighted by atomic mass is 9.97. The van der Waals surface area contributed by atoms with E-state index < -0.39 is 0 Å². The molecule has 8 nitrogen and oxygen atoms in total. The van der Waals surface area contributed by atoms with Gasteiger partial charge in [-0.3, -0.25) is 9.69 Å². The molecule has 1 amide bonds. The summed E-state index contributed by atoms with van der Waals surface area (Å²) in [5, 5.41) is 1.07. The second kappa shape index (κ2) is 10.7. The first-order valence-corrected chi connectivity index (χ1v) is 14.5. The topological polar surface area (TPSA) is 73.3 Å². The number of aromatic nitrogens is 4. The van der Waals surface area contributed by atoms with Crippen LogP contribution in [0.25, 0.3) is 22.1 Å². The molecule has 39 heavy (non-hydrogen) atoms. The third-order valence-corrected chi connectivity index (χ3v) is 8.57. The van der Waals surface area contributed by atoms with Gasteiger partial charge in [0.2, 0.25) is 0 Å². The highest BCUT2D eigenvalue weighted by molar-refractivity contribution is 5.98. The van der Waals surface area contributed by atoms with E-state index in [0.29, 0.717) is 12.2 Å². The van der Waals surface area contributed by atoms with Gasteiger partial charge in [0.05, 0.1) is 6.54 Å². The highest BCUT2D eigenvalue weighted by Gasteiger charge is 2.26. The number of piperazine rings is 1. The van der Waals surface area contributed by atoms with E-state index in [2.05, 4.69) is 64.5 Å². The number of nitrogens with zero attached hydrogens (tertiary/aromatic N) is 6. The van der Waals surface area contributed by atoms with Gasteiger partial charge in [-0.15, -0.1) is 0 Å². The van der Waals surface area contributed by atoms with Crippen LogP contribution in [0.2, 0.25) is 0 Å². The van der Waals surface area contributed by atoms with Crippen molar-refractivity contribution < 1.29 is 4.79 Å². The van der Waals surface area contributed by atoms with Gasteiger partial charge in [-0.05, 0) is 81.6 Å². The third-order valence-electron chi connectivity index (χ3n) is 8.57. The Kier molecular flexibility index (Phi) is 7.16. The Bertz CT molecular complexity index is 1490. The number of nitrogens with one attached hydrogen (secondary N) is 1. The Morgan fingerprint density at radius 3 is 2.64 bits per heavy atom. The number of benzene rings is 1. The molecule has 2 fully saturated rings. The quantitative estimate of drug-likeness (QED) is 0.406. The second-order valence-corrected chi connectivity index (χ2v) is 11.7. The maximum absolute atomic E-state index is 13.4. The summed E-state index contributed by atoms with van der Waals surface area (Å²) < 4.78 is 2.24. The van der Waals surface area contributed by atoms with Crippen LogP contribution in [0.3, 0.4) is 0 Å². The molecule has 1 unspecified atom stereocenters. The van der Waals surface area contributed by atoms with Crippen molar-refractivity contribution in [2.45, 2.75) is 46.6 Å². The molecule has 1 atom stereocenters. The Morgan fingerprint density at radius 1 is 1.05 bits per heavy atom. The fraction of sp³-hybridized carbons (Fsp3) is 0.516. The fourth-order valence-corrected chi connectivity index (χ4v) is 6.55. The van der Waals surface area contributed by atoms with Gasteiger partial charge in [-0.25, -0.2) is 9.97 Å². The number of piperidine rings is 1. The molecule has 0 radical (unpaired) electrons. The number of imidazole rings is 1. The van der Waals surface area contributed by atoms with E-state index in [4.69, 9.17) is 9.97 Å². The Labute approximate surface area is 231 Å². The first-order valence-electron chi connectivity index (χ1n) is 14.5. The summed E-state index contributed by atoms with van der Waals surface area (Å²) in [5.74, 6) is 1.91. The van der Waals surface area contributed by atoms with E-state index in [-0.39, 0.29) is 5.91 Å².